The molecule has 0 aliphatic heterocycles. The van der Waals surface area contributed by atoms with E-state index in [9.17, 15) is 0 Å². The van der Waals surface area contributed by atoms with Gasteiger partial charge in [0.2, 0.25) is 0 Å². The zero-order valence-electron chi connectivity index (χ0n) is 9.31. The Hall–Kier alpha value is -0.683. The third-order valence-electron chi connectivity index (χ3n) is 2.67. The molecule has 0 aromatic rings. The van der Waals surface area contributed by atoms with Crippen LogP contribution < -0.4 is 0 Å². The summed E-state index contributed by atoms with van der Waals surface area (Å²) in [6, 6.07) is 0. The Balaban J connectivity index is 2.35. The fourth-order valence-electron chi connectivity index (χ4n) is 1.53. The second kappa shape index (κ2) is 5.26. The SMILES string of the molecule is C=C[Si](C)(C)OC#CC1CCCCC1. The van der Waals surface area contributed by atoms with Crippen molar-refractivity contribution in [2.75, 3.05) is 0 Å². The summed E-state index contributed by atoms with van der Waals surface area (Å²) in [6.45, 7) is 7.98. The third kappa shape index (κ3) is 4.02. The highest BCUT2D eigenvalue weighted by molar-refractivity contribution is 6.76. The quantitative estimate of drug-likeness (QED) is 0.499. The lowest BCUT2D eigenvalue weighted by molar-refractivity contribution is 0.426. The van der Waals surface area contributed by atoms with E-state index in [1.165, 1.54) is 32.1 Å². The average molecular weight is 208 g/mol. The highest BCUT2D eigenvalue weighted by Crippen LogP contribution is 2.22. The lowest BCUT2D eigenvalue weighted by Gasteiger charge is -2.16. The largest absolute Gasteiger partial charge is 0.496 e. The van der Waals surface area contributed by atoms with Crippen molar-refractivity contribution in [3.05, 3.63) is 12.3 Å². The molecule has 1 aliphatic carbocycles. The van der Waals surface area contributed by atoms with Crippen molar-refractivity contribution in [3.63, 3.8) is 0 Å². The monoisotopic (exact) mass is 208 g/mol. The molecule has 0 bridgehead atoms. The van der Waals surface area contributed by atoms with Crippen LogP contribution in [0.1, 0.15) is 32.1 Å². The fourth-order valence-corrected chi connectivity index (χ4v) is 1.94. The molecule has 0 aromatic heterocycles. The molecule has 0 saturated heterocycles. The molecule has 0 radical (unpaired) electrons. The van der Waals surface area contributed by atoms with Crippen LogP contribution in [0.4, 0.5) is 0 Å². The van der Waals surface area contributed by atoms with Crippen LogP contribution >= 0.6 is 0 Å². The maximum atomic E-state index is 5.54. The molecule has 1 aliphatic rings. The normalized spacial score (nSPS) is 18.1. The van der Waals surface area contributed by atoms with Crippen LogP contribution in [0, 0.1) is 17.9 Å². The first kappa shape index (κ1) is 11.4. The van der Waals surface area contributed by atoms with Gasteiger partial charge in [0.15, 0.2) is 0 Å². The van der Waals surface area contributed by atoms with Crippen LogP contribution in [0.5, 0.6) is 0 Å². The molecule has 78 valence electrons. The van der Waals surface area contributed by atoms with Crippen molar-refractivity contribution < 1.29 is 4.43 Å². The second-order valence-electron chi connectivity index (χ2n) is 4.49. The standard InChI is InChI=1S/C12H20OSi/c1-4-14(2,3)13-11-10-12-8-6-5-7-9-12/h4,12H,1,5-9H2,2-3H3. The van der Waals surface area contributed by atoms with Gasteiger partial charge in [-0.3, -0.25) is 0 Å². The van der Waals surface area contributed by atoms with Crippen molar-refractivity contribution in [1.29, 1.82) is 0 Å². The summed E-state index contributed by atoms with van der Waals surface area (Å²) < 4.78 is 5.54. The summed E-state index contributed by atoms with van der Waals surface area (Å²) in [6.07, 6.45) is 9.45. The lowest BCUT2D eigenvalue weighted by atomic mass is 9.90. The van der Waals surface area contributed by atoms with Crippen LogP contribution in [0.25, 0.3) is 0 Å². The molecule has 0 amide bonds. The van der Waals surface area contributed by atoms with Crippen molar-refractivity contribution in [2.24, 2.45) is 5.92 Å². The Kier molecular flexibility index (Phi) is 4.28. The fraction of sp³-hybridized carbons (Fsp3) is 0.667. The maximum Gasteiger partial charge on any atom is 0.282 e. The van der Waals surface area contributed by atoms with Gasteiger partial charge in [-0.25, -0.2) is 0 Å². The van der Waals surface area contributed by atoms with Crippen LogP contribution in [0.15, 0.2) is 12.3 Å². The van der Waals surface area contributed by atoms with E-state index in [1.807, 2.05) is 5.70 Å². The number of rotatable bonds is 2. The van der Waals surface area contributed by atoms with Gasteiger partial charge in [0, 0.05) is 5.92 Å². The van der Waals surface area contributed by atoms with E-state index in [0.717, 1.165) is 0 Å². The Bertz CT molecular complexity index is 241. The Labute approximate surface area is 88.7 Å². The maximum absolute atomic E-state index is 5.54. The van der Waals surface area contributed by atoms with Gasteiger partial charge in [-0.15, -0.1) is 6.58 Å². The molecule has 1 rings (SSSR count). The van der Waals surface area contributed by atoms with Gasteiger partial charge < -0.3 is 4.43 Å². The van der Waals surface area contributed by atoms with Crippen LogP contribution in [0.3, 0.4) is 0 Å². The minimum absolute atomic E-state index is 0.582. The lowest BCUT2D eigenvalue weighted by Crippen LogP contribution is -2.24. The van der Waals surface area contributed by atoms with Gasteiger partial charge in [-0.05, 0) is 25.9 Å². The van der Waals surface area contributed by atoms with E-state index in [-0.39, 0.29) is 0 Å². The first-order chi connectivity index (χ1) is 6.64. The summed E-state index contributed by atoms with van der Waals surface area (Å²) in [5.74, 6) is 3.81. The van der Waals surface area contributed by atoms with Gasteiger partial charge in [-0.1, -0.05) is 30.9 Å². The predicted octanol–water partition coefficient (Wildman–Crippen LogP) is 3.47. The predicted molar refractivity (Wildman–Crippen MR) is 63.1 cm³/mol. The van der Waals surface area contributed by atoms with Crippen molar-refractivity contribution in [3.8, 4) is 12.0 Å². The summed E-state index contributed by atoms with van der Waals surface area (Å²) in [7, 11) is -1.67. The topological polar surface area (TPSA) is 9.23 Å². The highest BCUT2D eigenvalue weighted by Gasteiger charge is 2.17. The molecule has 1 fully saturated rings. The Morgan fingerprint density at radius 3 is 2.50 bits per heavy atom. The molecular weight excluding hydrogens is 188 g/mol. The summed E-state index contributed by atoms with van der Waals surface area (Å²) >= 11 is 0. The third-order valence-corrected chi connectivity index (χ3v) is 4.29. The van der Waals surface area contributed by atoms with Crippen LogP contribution in [-0.2, 0) is 4.43 Å². The van der Waals surface area contributed by atoms with Gasteiger partial charge in [-0.2, -0.15) is 0 Å². The molecule has 0 atom stereocenters. The van der Waals surface area contributed by atoms with E-state index < -0.39 is 8.32 Å². The van der Waals surface area contributed by atoms with Gasteiger partial charge in [0.25, 0.3) is 8.32 Å². The smallest absolute Gasteiger partial charge is 0.282 e. The van der Waals surface area contributed by atoms with Crippen molar-refractivity contribution in [2.45, 2.75) is 45.2 Å². The van der Waals surface area contributed by atoms with E-state index in [2.05, 4.69) is 31.7 Å². The molecule has 0 spiro atoms. The van der Waals surface area contributed by atoms with Crippen molar-refractivity contribution >= 4 is 8.32 Å². The molecule has 0 heterocycles. The second-order valence-corrected chi connectivity index (χ2v) is 8.31. The minimum Gasteiger partial charge on any atom is -0.496 e. The molecule has 0 aromatic carbocycles. The van der Waals surface area contributed by atoms with Crippen molar-refractivity contribution in [1.82, 2.24) is 0 Å². The summed E-state index contributed by atoms with van der Waals surface area (Å²) in [4.78, 5) is 0. The molecule has 1 nitrogen and oxygen atoms in total. The van der Waals surface area contributed by atoms with Gasteiger partial charge in [0.1, 0.15) is 0 Å². The van der Waals surface area contributed by atoms with Crippen LogP contribution in [0.2, 0.25) is 13.1 Å². The molecular formula is C12H20OSi. The summed E-state index contributed by atoms with van der Waals surface area (Å²) in [5, 5.41) is 0. The average Bonchev–Trinajstić information content (AvgIpc) is 2.19. The van der Waals surface area contributed by atoms with E-state index in [4.69, 9.17) is 4.43 Å². The molecule has 2 heteroatoms. The molecule has 1 saturated carbocycles. The first-order valence-electron chi connectivity index (χ1n) is 5.46. The first-order valence-corrected chi connectivity index (χ1v) is 8.45. The summed E-state index contributed by atoms with van der Waals surface area (Å²) in [5.41, 5.74) is 1.92. The van der Waals surface area contributed by atoms with Gasteiger partial charge in [0.05, 0.1) is 6.11 Å². The molecule has 0 N–H and O–H groups in total. The Morgan fingerprint density at radius 2 is 1.93 bits per heavy atom. The number of hydrogen-bond donors (Lipinski definition) is 0. The van der Waals surface area contributed by atoms with E-state index in [1.54, 1.807) is 0 Å². The zero-order valence-corrected chi connectivity index (χ0v) is 10.3. The highest BCUT2D eigenvalue weighted by atomic mass is 28.4. The minimum atomic E-state index is -1.67. The van der Waals surface area contributed by atoms with E-state index >= 15 is 0 Å². The molecule has 14 heavy (non-hydrogen) atoms. The van der Waals surface area contributed by atoms with Crippen LogP contribution in [-0.4, -0.2) is 8.32 Å². The molecule has 0 unspecified atom stereocenters. The Morgan fingerprint density at radius 1 is 1.29 bits per heavy atom. The van der Waals surface area contributed by atoms with E-state index in [0.29, 0.717) is 5.92 Å². The number of hydrogen-bond acceptors (Lipinski definition) is 1. The van der Waals surface area contributed by atoms with Gasteiger partial charge >= 0.3 is 0 Å². The zero-order chi connectivity index (χ0) is 10.4.